The molecule has 106 valence electrons. The van der Waals surface area contributed by atoms with Crippen molar-refractivity contribution in [1.82, 2.24) is 10.6 Å². The highest BCUT2D eigenvalue weighted by atomic mass is 16.3. The van der Waals surface area contributed by atoms with E-state index in [1.165, 1.54) is 0 Å². The van der Waals surface area contributed by atoms with Gasteiger partial charge >= 0.3 is 6.03 Å². The van der Waals surface area contributed by atoms with Crippen molar-refractivity contribution in [2.24, 2.45) is 5.92 Å². The number of amides is 2. The second-order valence-corrected chi connectivity index (χ2v) is 5.95. The molecule has 0 radical (unpaired) electrons. The second kappa shape index (κ2) is 7.62. The number of nitrogens with one attached hydrogen (secondary N) is 2. The molecule has 4 nitrogen and oxygen atoms in total. The quantitative estimate of drug-likeness (QED) is 0.707. The fraction of sp³-hybridized carbons (Fsp3) is 0.929. The third kappa shape index (κ3) is 5.71. The van der Waals surface area contributed by atoms with Crippen molar-refractivity contribution in [1.29, 1.82) is 0 Å². The van der Waals surface area contributed by atoms with Crippen molar-refractivity contribution in [3.8, 4) is 0 Å². The molecule has 3 N–H and O–H groups in total. The van der Waals surface area contributed by atoms with E-state index in [1.54, 1.807) is 0 Å². The largest absolute Gasteiger partial charge is 0.391 e. The van der Waals surface area contributed by atoms with Gasteiger partial charge in [0.1, 0.15) is 0 Å². The Hall–Kier alpha value is -0.770. The first-order valence-electron chi connectivity index (χ1n) is 7.24. The highest BCUT2D eigenvalue weighted by Gasteiger charge is 2.24. The van der Waals surface area contributed by atoms with Gasteiger partial charge in [0.25, 0.3) is 0 Å². The fourth-order valence-corrected chi connectivity index (χ4v) is 2.37. The number of hydrogen-bond acceptors (Lipinski definition) is 2. The van der Waals surface area contributed by atoms with Crippen LogP contribution >= 0.6 is 0 Å². The van der Waals surface area contributed by atoms with Crippen LogP contribution in [-0.2, 0) is 0 Å². The molecule has 0 aromatic heterocycles. The van der Waals surface area contributed by atoms with Crippen molar-refractivity contribution in [2.45, 2.75) is 77.5 Å². The molecule has 18 heavy (non-hydrogen) atoms. The molecular formula is C14H28N2O2. The van der Waals surface area contributed by atoms with Crippen molar-refractivity contribution in [3.05, 3.63) is 0 Å². The van der Waals surface area contributed by atoms with Gasteiger partial charge in [0.2, 0.25) is 0 Å². The average molecular weight is 256 g/mol. The van der Waals surface area contributed by atoms with Gasteiger partial charge in [-0.25, -0.2) is 4.79 Å². The normalized spacial score (nSPS) is 25.8. The molecule has 0 aromatic rings. The Morgan fingerprint density at radius 1 is 1.22 bits per heavy atom. The number of carbonyl (C=O) groups is 1. The maximum Gasteiger partial charge on any atom is 0.315 e. The SMILES string of the molecule is CC(C)CCC(C)NC(=O)NC1CCCCC1O. The van der Waals surface area contributed by atoms with Gasteiger partial charge in [-0.15, -0.1) is 0 Å². The van der Waals surface area contributed by atoms with Crippen LogP contribution in [0.4, 0.5) is 4.79 Å². The first kappa shape index (κ1) is 15.3. The Bertz CT molecular complexity index is 256. The Kier molecular flexibility index (Phi) is 6.47. The third-order valence-corrected chi connectivity index (χ3v) is 3.60. The zero-order valence-electron chi connectivity index (χ0n) is 11.9. The van der Waals surface area contributed by atoms with E-state index in [-0.39, 0.29) is 24.2 Å². The molecule has 2 amide bonds. The molecule has 0 saturated heterocycles. The van der Waals surface area contributed by atoms with Crippen LogP contribution < -0.4 is 10.6 Å². The van der Waals surface area contributed by atoms with Crippen LogP contribution in [0, 0.1) is 5.92 Å². The molecule has 1 fully saturated rings. The summed E-state index contributed by atoms with van der Waals surface area (Å²) >= 11 is 0. The molecule has 1 saturated carbocycles. The van der Waals surface area contributed by atoms with E-state index >= 15 is 0 Å². The number of rotatable bonds is 5. The molecule has 1 aliphatic carbocycles. The van der Waals surface area contributed by atoms with E-state index in [0.29, 0.717) is 5.92 Å². The Morgan fingerprint density at radius 2 is 1.89 bits per heavy atom. The highest BCUT2D eigenvalue weighted by Crippen LogP contribution is 2.18. The lowest BCUT2D eigenvalue weighted by Crippen LogP contribution is -2.50. The molecular weight excluding hydrogens is 228 g/mol. The second-order valence-electron chi connectivity index (χ2n) is 5.95. The van der Waals surface area contributed by atoms with Crippen LogP contribution in [0.2, 0.25) is 0 Å². The smallest absolute Gasteiger partial charge is 0.315 e. The molecule has 0 aromatic carbocycles. The van der Waals surface area contributed by atoms with Crippen LogP contribution in [0.1, 0.15) is 59.3 Å². The molecule has 3 atom stereocenters. The number of aliphatic hydroxyl groups is 1. The van der Waals surface area contributed by atoms with Crippen LogP contribution in [0.25, 0.3) is 0 Å². The van der Waals surface area contributed by atoms with Crippen LogP contribution in [0.15, 0.2) is 0 Å². The van der Waals surface area contributed by atoms with Gasteiger partial charge in [-0.1, -0.05) is 26.7 Å². The Labute approximate surface area is 111 Å². The Morgan fingerprint density at radius 3 is 2.50 bits per heavy atom. The number of hydrogen-bond donors (Lipinski definition) is 3. The average Bonchev–Trinajstić information content (AvgIpc) is 2.29. The summed E-state index contributed by atoms with van der Waals surface area (Å²) in [6.07, 6.45) is 5.57. The predicted molar refractivity (Wildman–Crippen MR) is 73.5 cm³/mol. The van der Waals surface area contributed by atoms with E-state index in [1.807, 2.05) is 6.92 Å². The number of aliphatic hydroxyl groups excluding tert-OH is 1. The molecule has 4 heteroatoms. The van der Waals surface area contributed by atoms with E-state index in [4.69, 9.17) is 0 Å². The summed E-state index contributed by atoms with van der Waals surface area (Å²) < 4.78 is 0. The van der Waals surface area contributed by atoms with E-state index in [2.05, 4.69) is 24.5 Å². The number of carbonyl (C=O) groups excluding carboxylic acids is 1. The molecule has 1 aliphatic rings. The lowest BCUT2D eigenvalue weighted by atomic mass is 9.93. The van der Waals surface area contributed by atoms with Crippen LogP contribution in [0.3, 0.4) is 0 Å². The minimum absolute atomic E-state index is 0.0731. The summed E-state index contributed by atoms with van der Waals surface area (Å²) in [5.74, 6) is 0.664. The van der Waals surface area contributed by atoms with Gasteiger partial charge in [0.15, 0.2) is 0 Å². The highest BCUT2D eigenvalue weighted by molar-refractivity contribution is 5.74. The molecule has 1 rings (SSSR count). The standard InChI is InChI=1S/C14H28N2O2/c1-10(2)8-9-11(3)15-14(18)16-12-6-4-5-7-13(12)17/h10-13,17H,4-9H2,1-3H3,(H2,15,16,18). The molecule has 0 heterocycles. The van der Waals surface area contributed by atoms with Gasteiger partial charge in [-0.3, -0.25) is 0 Å². The zero-order valence-corrected chi connectivity index (χ0v) is 11.9. The van der Waals surface area contributed by atoms with Gasteiger partial charge in [0, 0.05) is 6.04 Å². The minimum atomic E-state index is -0.379. The topological polar surface area (TPSA) is 61.4 Å². The van der Waals surface area contributed by atoms with E-state index in [0.717, 1.165) is 38.5 Å². The monoisotopic (exact) mass is 256 g/mol. The van der Waals surface area contributed by atoms with Crippen molar-refractivity contribution >= 4 is 6.03 Å². The maximum absolute atomic E-state index is 11.8. The predicted octanol–water partition coefficient (Wildman–Crippen LogP) is 2.41. The minimum Gasteiger partial charge on any atom is -0.391 e. The molecule has 0 aliphatic heterocycles. The van der Waals surface area contributed by atoms with Crippen molar-refractivity contribution in [3.63, 3.8) is 0 Å². The van der Waals surface area contributed by atoms with Crippen molar-refractivity contribution in [2.75, 3.05) is 0 Å². The van der Waals surface area contributed by atoms with Crippen LogP contribution in [0.5, 0.6) is 0 Å². The summed E-state index contributed by atoms with van der Waals surface area (Å²) in [7, 11) is 0. The summed E-state index contributed by atoms with van der Waals surface area (Å²) in [5, 5.41) is 15.6. The lowest BCUT2D eigenvalue weighted by molar-refractivity contribution is 0.0940. The lowest BCUT2D eigenvalue weighted by Gasteiger charge is -2.29. The van der Waals surface area contributed by atoms with Crippen LogP contribution in [-0.4, -0.2) is 29.3 Å². The van der Waals surface area contributed by atoms with Gasteiger partial charge in [0.05, 0.1) is 12.1 Å². The zero-order chi connectivity index (χ0) is 13.5. The van der Waals surface area contributed by atoms with Crippen molar-refractivity contribution < 1.29 is 9.90 Å². The summed E-state index contributed by atoms with van der Waals surface area (Å²) in [6, 6.07) is -0.0265. The van der Waals surface area contributed by atoms with E-state index in [9.17, 15) is 9.90 Å². The Balaban J connectivity index is 2.23. The van der Waals surface area contributed by atoms with Gasteiger partial charge in [-0.05, 0) is 38.5 Å². The number of urea groups is 1. The first-order valence-corrected chi connectivity index (χ1v) is 7.24. The molecule has 3 unspecified atom stereocenters. The van der Waals surface area contributed by atoms with Gasteiger partial charge in [-0.2, -0.15) is 0 Å². The fourth-order valence-electron chi connectivity index (χ4n) is 2.37. The third-order valence-electron chi connectivity index (χ3n) is 3.60. The first-order chi connectivity index (χ1) is 8.49. The summed E-state index contributed by atoms with van der Waals surface area (Å²) in [6.45, 7) is 6.40. The maximum atomic E-state index is 11.8. The van der Waals surface area contributed by atoms with E-state index < -0.39 is 0 Å². The summed E-state index contributed by atoms with van der Waals surface area (Å²) in [4.78, 5) is 11.8. The van der Waals surface area contributed by atoms with Gasteiger partial charge < -0.3 is 15.7 Å². The molecule has 0 bridgehead atoms. The molecule has 0 spiro atoms. The summed E-state index contributed by atoms with van der Waals surface area (Å²) in [5.41, 5.74) is 0.